The Bertz CT molecular complexity index is 502. The van der Waals surface area contributed by atoms with Crippen molar-refractivity contribution < 1.29 is 9.94 Å². The van der Waals surface area contributed by atoms with Crippen molar-refractivity contribution >= 4 is 5.84 Å². The molecule has 3 rings (SSSR count). The molecule has 1 aliphatic carbocycles. The van der Waals surface area contributed by atoms with E-state index in [4.69, 9.17) is 15.7 Å². The molecule has 1 aromatic heterocycles. The maximum Gasteiger partial charge on any atom is 0.189 e. The van der Waals surface area contributed by atoms with Crippen molar-refractivity contribution in [3.05, 3.63) is 29.6 Å². The molecule has 4 N–H and O–H groups in total. The summed E-state index contributed by atoms with van der Waals surface area (Å²) in [4.78, 5) is 4.17. The monoisotopic (exact) mass is 276 g/mol. The van der Waals surface area contributed by atoms with Gasteiger partial charge >= 0.3 is 0 Å². The second-order valence-electron chi connectivity index (χ2n) is 5.45. The predicted molar refractivity (Wildman–Crippen MR) is 74.5 cm³/mol. The summed E-state index contributed by atoms with van der Waals surface area (Å²) in [7, 11) is 0. The van der Waals surface area contributed by atoms with E-state index in [1.807, 2.05) is 12.1 Å². The molecule has 2 heterocycles. The van der Waals surface area contributed by atoms with Crippen LogP contribution in [0.1, 0.15) is 30.5 Å². The van der Waals surface area contributed by atoms with E-state index in [9.17, 15) is 0 Å². The number of nitrogens with one attached hydrogen (secondary N) is 1. The van der Waals surface area contributed by atoms with Gasteiger partial charge in [-0.3, -0.25) is 4.98 Å². The first kappa shape index (κ1) is 13.3. The molecular formula is C14H20N4O2. The quantitative estimate of drug-likeness (QED) is 0.321. The fraction of sp³-hybridized carbons (Fsp3) is 0.571. The predicted octanol–water partition coefficient (Wildman–Crippen LogP) is 0.833. The molecule has 1 aromatic rings. The summed E-state index contributed by atoms with van der Waals surface area (Å²) < 4.78 is 5.81. The summed E-state index contributed by atoms with van der Waals surface area (Å²) in [5.74, 6) is 0.774. The van der Waals surface area contributed by atoms with Gasteiger partial charge in [-0.25, -0.2) is 0 Å². The number of nitrogens with zero attached hydrogens (tertiary/aromatic N) is 2. The number of ether oxygens (including phenoxy) is 1. The number of rotatable bonds is 5. The topological polar surface area (TPSA) is 92.8 Å². The summed E-state index contributed by atoms with van der Waals surface area (Å²) in [6, 6.07) is 4.19. The lowest BCUT2D eigenvalue weighted by atomic mass is 10.1. The molecule has 2 atom stereocenters. The van der Waals surface area contributed by atoms with Crippen LogP contribution < -0.4 is 11.1 Å². The van der Waals surface area contributed by atoms with Crippen molar-refractivity contribution in [3.8, 4) is 0 Å². The lowest BCUT2D eigenvalue weighted by Gasteiger charge is -2.20. The molecule has 1 aliphatic heterocycles. The molecule has 20 heavy (non-hydrogen) atoms. The van der Waals surface area contributed by atoms with Crippen LogP contribution in [0.3, 0.4) is 0 Å². The van der Waals surface area contributed by atoms with Crippen molar-refractivity contribution in [2.75, 3.05) is 6.61 Å². The second kappa shape index (κ2) is 5.76. The molecule has 0 spiro atoms. The average Bonchev–Trinajstić information content (AvgIpc) is 3.23. The van der Waals surface area contributed by atoms with Crippen LogP contribution in [0.25, 0.3) is 0 Å². The summed E-state index contributed by atoms with van der Waals surface area (Å²) >= 11 is 0. The highest BCUT2D eigenvalue weighted by atomic mass is 16.5. The first-order valence-corrected chi connectivity index (χ1v) is 7.06. The molecule has 0 amide bonds. The van der Waals surface area contributed by atoms with Gasteiger partial charge in [0.2, 0.25) is 0 Å². The maximum atomic E-state index is 8.80. The molecule has 1 saturated heterocycles. The normalized spacial score (nSPS) is 26.9. The third-order valence-electron chi connectivity index (χ3n) is 4.02. The zero-order valence-corrected chi connectivity index (χ0v) is 11.3. The van der Waals surface area contributed by atoms with E-state index in [2.05, 4.69) is 15.5 Å². The van der Waals surface area contributed by atoms with Crippen LogP contribution in [0.2, 0.25) is 0 Å². The smallest absolute Gasteiger partial charge is 0.189 e. The molecule has 0 bridgehead atoms. The van der Waals surface area contributed by atoms with Crippen molar-refractivity contribution in [2.24, 2.45) is 16.8 Å². The Hall–Kier alpha value is -1.66. The van der Waals surface area contributed by atoms with Gasteiger partial charge in [0, 0.05) is 25.4 Å². The van der Waals surface area contributed by atoms with Gasteiger partial charge in [-0.2, -0.15) is 0 Å². The Morgan fingerprint density at radius 2 is 2.35 bits per heavy atom. The molecule has 0 aromatic carbocycles. The maximum absolute atomic E-state index is 8.80. The minimum absolute atomic E-state index is 0.0452. The molecule has 6 heteroatoms. The average molecular weight is 276 g/mol. The van der Waals surface area contributed by atoms with Gasteiger partial charge in [0.1, 0.15) is 5.69 Å². The van der Waals surface area contributed by atoms with Gasteiger partial charge in [0.25, 0.3) is 0 Å². The van der Waals surface area contributed by atoms with Crippen LogP contribution in [0.5, 0.6) is 0 Å². The lowest BCUT2D eigenvalue weighted by Crippen LogP contribution is -2.37. The Morgan fingerprint density at radius 1 is 1.50 bits per heavy atom. The molecule has 2 fully saturated rings. The summed E-state index contributed by atoms with van der Waals surface area (Å²) in [6.07, 6.45) is 5.60. The summed E-state index contributed by atoms with van der Waals surface area (Å²) in [6.45, 7) is 1.48. The van der Waals surface area contributed by atoms with E-state index in [0.29, 0.717) is 24.4 Å². The Morgan fingerprint density at radius 3 is 3.10 bits per heavy atom. The number of aromatic nitrogens is 1. The zero-order chi connectivity index (χ0) is 13.9. The Labute approximate surface area is 118 Å². The fourth-order valence-corrected chi connectivity index (χ4v) is 2.82. The van der Waals surface area contributed by atoms with Crippen molar-refractivity contribution in [3.63, 3.8) is 0 Å². The highest BCUT2D eigenvalue weighted by molar-refractivity contribution is 5.96. The van der Waals surface area contributed by atoms with Crippen molar-refractivity contribution in [1.82, 2.24) is 10.3 Å². The lowest BCUT2D eigenvalue weighted by molar-refractivity contribution is 0.0809. The third-order valence-corrected chi connectivity index (χ3v) is 4.02. The van der Waals surface area contributed by atoms with Crippen LogP contribution in [0, 0.1) is 5.92 Å². The SMILES string of the molecule is N/C(=N/O)c1ncccc1CNC1CCOC1C1CC1. The molecule has 1 saturated carbocycles. The van der Waals surface area contributed by atoms with E-state index < -0.39 is 0 Å². The van der Waals surface area contributed by atoms with Gasteiger partial charge in [-0.15, -0.1) is 0 Å². The van der Waals surface area contributed by atoms with Crippen molar-refractivity contribution in [1.29, 1.82) is 0 Å². The molecule has 2 aliphatic rings. The van der Waals surface area contributed by atoms with E-state index in [1.54, 1.807) is 6.20 Å². The zero-order valence-electron chi connectivity index (χ0n) is 11.3. The van der Waals surface area contributed by atoms with Gasteiger partial charge in [-0.05, 0) is 36.8 Å². The number of amidine groups is 1. The van der Waals surface area contributed by atoms with E-state index >= 15 is 0 Å². The number of hydrogen-bond donors (Lipinski definition) is 3. The molecular weight excluding hydrogens is 256 g/mol. The summed E-state index contributed by atoms with van der Waals surface area (Å²) in [5, 5.41) is 15.4. The highest BCUT2D eigenvalue weighted by Crippen LogP contribution is 2.38. The van der Waals surface area contributed by atoms with E-state index in [-0.39, 0.29) is 5.84 Å². The highest BCUT2D eigenvalue weighted by Gasteiger charge is 2.40. The van der Waals surface area contributed by atoms with E-state index in [1.165, 1.54) is 12.8 Å². The number of pyridine rings is 1. The molecule has 6 nitrogen and oxygen atoms in total. The van der Waals surface area contributed by atoms with Crippen molar-refractivity contribution in [2.45, 2.75) is 38.0 Å². The second-order valence-corrected chi connectivity index (χ2v) is 5.45. The van der Waals surface area contributed by atoms with Gasteiger partial charge in [0.05, 0.1) is 6.10 Å². The summed E-state index contributed by atoms with van der Waals surface area (Å²) in [5.41, 5.74) is 7.12. The molecule has 0 radical (unpaired) electrons. The van der Waals surface area contributed by atoms with E-state index in [0.717, 1.165) is 24.5 Å². The minimum atomic E-state index is 0.0452. The first-order valence-electron chi connectivity index (χ1n) is 7.06. The number of oxime groups is 1. The fourth-order valence-electron chi connectivity index (χ4n) is 2.82. The molecule has 2 unspecified atom stereocenters. The standard InChI is InChI=1S/C14H20N4O2/c15-14(18-19)12-10(2-1-6-16-12)8-17-11-5-7-20-13(11)9-3-4-9/h1-2,6,9,11,13,17,19H,3-5,7-8H2,(H2,15,18). The van der Waals surface area contributed by atoms with Gasteiger partial charge in [0.15, 0.2) is 5.84 Å². The van der Waals surface area contributed by atoms with Gasteiger partial charge in [-0.1, -0.05) is 11.2 Å². The largest absolute Gasteiger partial charge is 0.409 e. The number of hydrogen-bond acceptors (Lipinski definition) is 5. The minimum Gasteiger partial charge on any atom is -0.409 e. The third kappa shape index (κ3) is 2.76. The first-order chi connectivity index (χ1) is 9.79. The van der Waals surface area contributed by atoms with Crippen LogP contribution in [0.4, 0.5) is 0 Å². The molecule has 108 valence electrons. The van der Waals surface area contributed by atoms with Crippen LogP contribution >= 0.6 is 0 Å². The van der Waals surface area contributed by atoms with Gasteiger partial charge < -0.3 is 21.0 Å². The van der Waals surface area contributed by atoms with Crippen LogP contribution in [0.15, 0.2) is 23.5 Å². The van der Waals surface area contributed by atoms with Crippen LogP contribution in [-0.4, -0.2) is 34.8 Å². The van der Waals surface area contributed by atoms with Crippen LogP contribution in [-0.2, 0) is 11.3 Å². The Balaban J connectivity index is 1.66. The Kier molecular flexibility index (Phi) is 3.84. The number of nitrogens with two attached hydrogens (primary N) is 1.